The topological polar surface area (TPSA) is 92.7 Å². The number of aromatic carboxylic acids is 1. The Labute approximate surface area is 126 Å². The van der Waals surface area contributed by atoms with Crippen molar-refractivity contribution in [2.75, 3.05) is 11.8 Å². The lowest BCUT2D eigenvalue weighted by Gasteiger charge is -2.06. The minimum atomic E-state index is -3.80. The van der Waals surface area contributed by atoms with Gasteiger partial charge in [0.2, 0.25) is 0 Å². The van der Waals surface area contributed by atoms with Gasteiger partial charge in [0.1, 0.15) is 14.8 Å². The highest BCUT2D eigenvalue weighted by atomic mass is 32.2. The quantitative estimate of drug-likeness (QED) is 0.880. The molecule has 0 bridgehead atoms. The fourth-order valence-corrected chi connectivity index (χ4v) is 4.10. The Kier molecular flexibility index (Phi) is 4.19. The van der Waals surface area contributed by atoms with Gasteiger partial charge in [-0.2, -0.15) is 0 Å². The average molecular weight is 327 g/mol. The molecule has 8 heteroatoms. The average Bonchev–Trinajstić information content (AvgIpc) is 2.82. The first kappa shape index (κ1) is 15.3. The van der Waals surface area contributed by atoms with Crippen molar-refractivity contribution < 1.29 is 23.1 Å². The van der Waals surface area contributed by atoms with Crippen LogP contribution in [0.15, 0.2) is 34.5 Å². The molecule has 0 saturated heterocycles. The Morgan fingerprint density at radius 2 is 1.90 bits per heavy atom. The highest BCUT2D eigenvalue weighted by Gasteiger charge is 2.21. The lowest BCUT2D eigenvalue weighted by atomic mass is 10.3. The van der Waals surface area contributed by atoms with Gasteiger partial charge in [0.05, 0.1) is 7.11 Å². The van der Waals surface area contributed by atoms with E-state index in [1.165, 1.54) is 13.2 Å². The number of thiophene rings is 1. The monoisotopic (exact) mass is 327 g/mol. The van der Waals surface area contributed by atoms with Crippen LogP contribution in [0.4, 0.5) is 5.69 Å². The second-order valence-electron chi connectivity index (χ2n) is 4.22. The molecule has 112 valence electrons. The predicted molar refractivity (Wildman–Crippen MR) is 79.8 cm³/mol. The number of carboxylic acids is 1. The molecule has 21 heavy (non-hydrogen) atoms. The molecule has 0 amide bonds. The summed E-state index contributed by atoms with van der Waals surface area (Å²) in [5.41, 5.74) is 0.793. The van der Waals surface area contributed by atoms with Crippen molar-refractivity contribution in [2.24, 2.45) is 0 Å². The van der Waals surface area contributed by atoms with Crippen LogP contribution in [-0.2, 0) is 10.0 Å². The molecule has 0 atom stereocenters. The number of carboxylic acid groups (broad SMARTS) is 1. The number of aryl methyl sites for hydroxylation is 1. The molecule has 1 aromatic heterocycles. The molecule has 2 aromatic rings. The van der Waals surface area contributed by atoms with E-state index in [0.717, 1.165) is 11.3 Å². The van der Waals surface area contributed by atoms with Crippen LogP contribution in [0.25, 0.3) is 0 Å². The van der Waals surface area contributed by atoms with Gasteiger partial charge in [0, 0.05) is 5.69 Å². The number of hydrogen-bond donors (Lipinski definition) is 2. The molecule has 0 saturated carbocycles. The largest absolute Gasteiger partial charge is 0.497 e. The Bertz CT molecular complexity index is 762. The minimum absolute atomic E-state index is 0.0186. The zero-order chi connectivity index (χ0) is 15.6. The molecule has 1 aromatic carbocycles. The van der Waals surface area contributed by atoms with E-state index in [2.05, 4.69) is 4.72 Å². The molecular formula is C13H13NO5S2. The van der Waals surface area contributed by atoms with E-state index in [0.29, 0.717) is 17.0 Å². The SMILES string of the molecule is COc1ccc(NS(=O)(=O)c2cc(C)c(C(=O)O)s2)cc1. The number of methoxy groups -OCH3 is 1. The molecule has 0 spiro atoms. The summed E-state index contributed by atoms with van der Waals surface area (Å²) in [5.74, 6) is -0.526. The minimum Gasteiger partial charge on any atom is -0.497 e. The van der Waals surface area contributed by atoms with Gasteiger partial charge in [-0.1, -0.05) is 0 Å². The van der Waals surface area contributed by atoms with E-state index in [-0.39, 0.29) is 9.09 Å². The van der Waals surface area contributed by atoms with Crippen LogP contribution in [0.3, 0.4) is 0 Å². The van der Waals surface area contributed by atoms with E-state index in [1.807, 2.05) is 0 Å². The first-order valence-corrected chi connectivity index (χ1v) is 8.14. The van der Waals surface area contributed by atoms with Crippen LogP contribution < -0.4 is 9.46 Å². The third kappa shape index (κ3) is 3.34. The lowest BCUT2D eigenvalue weighted by molar-refractivity contribution is 0.0701. The molecule has 0 unspecified atom stereocenters. The summed E-state index contributed by atoms with van der Waals surface area (Å²) < 4.78 is 31.8. The highest BCUT2D eigenvalue weighted by Crippen LogP contribution is 2.28. The molecule has 2 N–H and O–H groups in total. The Morgan fingerprint density at radius 1 is 1.29 bits per heavy atom. The molecule has 0 aliphatic rings. The van der Waals surface area contributed by atoms with Crippen molar-refractivity contribution in [3.05, 3.63) is 40.8 Å². The highest BCUT2D eigenvalue weighted by molar-refractivity contribution is 7.94. The molecular weight excluding hydrogens is 314 g/mol. The van der Waals surface area contributed by atoms with Crippen LogP contribution in [0, 0.1) is 6.92 Å². The van der Waals surface area contributed by atoms with Crippen LogP contribution in [0.5, 0.6) is 5.75 Å². The maximum atomic E-state index is 12.2. The van der Waals surface area contributed by atoms with E-state index >= 15 is 0 Å². The van der Waals surface area contributed by atoms with Crippen molar-refractivity contribution in [3.8, 4) is 5.75 Å². The second-order valence-corrected chi connectivity index (χ2v) is 7.18. The van der Waals surface area contributed by atoms with Gasteiger partial charge in [-0.05, 0) is 42.8 Å². The third-order valence-corrected chi connectivity index (χ3v) is 5.78. The summed E-state index contributed by atoms with van der Waals surface area (Å²) in [6, 6.07) is 7.73. The van der Waals surface area contributed by atoms with E-state index < -0.39 is 16.0 Å². The van der Waals surface area contributed by atoms with E-state index in [9.17, 15) is 13.2 Å². The van der Waals surface area contributed by atoms with E-state index in [4.69, 9.17) is 9.84 Å². The number of nitrogens with one attached hydrogen (secondary N) is 1. The van der Waals surface area contributed by atoms with Gasteiger partial charge >= 0.3 is 5.97 Å². The maximum absolute atomic E-state index is 12.2. The molecule has 1 heterocycles. The smallest absolute Gasteiger partial charge is 0.346 e. The third-order valence-electron chi connectivity index (χ3n) is 2.70. The second kappa shape index (κ2) is 5.74. The lowest BCUT2D eigenvalue weighted by Crippen LogP contribution is -2.11. The number of ether oxygens (including phenoxy) is 1. The van der Waals surface area contributed by atoms with Crippen molar-refractivity contribution in [3.63, 3.8) is 0 Å². The molecule has 0 fully saturated rings. The maximum Gasteiger partial charge on any atom is 0.346 e. The van der Waals surface area contributed by atoms with Gasteiger partial charge in [-0.3, -0.25) is 4.72 Å². The summed E-state index contributed by atoms with van der Waals surface area (Å²) in [6.45, 7) is 1.56. The molecule has 0 aliphatic heterocycles. The molecule has 0 radical (unpaired) electrons. The van der Waals surface area contributed by atoms with Crippen LogP contribution in [-0.4, -0.2) is 26.6 Å². The van der Waals surface area contributed by atoms with Crippen molar-refractivity contribution in [1.82, 2.24) is 0 Å². The molecule has 2 rings (SSSR count). The number of rotatable bonds is 5. The summed E-state index contributed by atoms with van der Waals surface area (Å²) in [6.07, 6.45) is 0. The normalized spacial score (nSPS) is 11.1. The molecule has 0 aliphatic carbocycles. The van der Waals surface area contributed by atoms with Crippen molar-refractivity contribution in [2.45, 2.75) is 11.1 Å². The van der Waals surface area contributed by atoms with Crippen molar-refractivity contribution >= 4 is 33.0 Å². The first-order chi connectivity index (χ1) is 9.83. The van der Waals surface area contributed by atoms with Gasteiger partial charge in [0.25, 0.3) is 10.0 Å². The zero-order valence-corrected chi connectivity index (χ0v) is 12.9. The number of benzene rings is 1. The number of hydrogen-bond acceptors (Lipinski definition) is 5. The van der Waals surface area contributed by atoms with Gasteiger partial charge in [-0.25, -0.2) is 13.2 Å². The Balaban J connectivity index is 2.29. The fraction of sp³-hybridized carbons (Fsp3) is 0.154. The summed E-state index contributed by atoms with van der Waals surface area (Å²) >= 11 is 0.727. The number of carbonyl (C=O) groups is 1. The van der Waals surface area contributed by atoms with Gasteiger partial charge in [0.15, 0.2) is 0 Å². The number of sulfonamides is 1. The van der Waals surface area contributed by atoms with E-state index in [1.54, 1.807) is 31.2 Å². The standard InChI is InChI=1S/C13H13NO5S2/c1-8-7-11(20-12(8)13(15)16)21(17,18)14-9-3-5-10(19-2)6-4-9/h3-7,14H,1-2H3,(H,15,16). The molecule has 6 nitrogen and oxygen atoms in total. The number of anilines is 1. The van der Waals surface area contributed by atoms with Gasteiger partial charge in [-0.15, -0.1) is 11.3 Å². The Morgan fingerprint density at radius 3 is 2.38 bits per heavy atom. The summed E-state index contributed by atoms with van der Waals surface area (Å²) in [4.78, 5) is 11.0. The fourth-order valence-electron chi connectivity index (χ4n) is 1.66. The van der Waals surface area contributed by atoms with Crippen LogP contribution in [0.2, 0.25) is 0 Å². The first-order valence-electron chi connectivity index (χ1n) is 5.84. The summed E-state index contributed by atoms with van der Waals surface area (Å²) in [5, 5.41) is 8.97. The van der Waals surface area contributed by atoms with Crippen molar-refractivity contribution in [1.29, 1.82) is 0 Å². The van der Waals surface area contributed by atoms with Gasteiger partial charge < -0.3 is 9.84 Å². The predicted octanol–water partition coefficient (Wildman–Crippen LogP) is 2.56. The summed E-state index contributed by atoms with van der Waals surface area (Å²) in [7, 11) is -2.29. The van der Waals surface area contributed by atoms with Crippen LogP contribution >= 0.6 is 11.3 Å². The van der Waals surface area contributed by atoms with Crippen LogP contribution in [0.1, 0.15) is 15.2 Å². The zero-order valence-electron chi connectivity index (χ0n) is 11.3. The Hall–Kier alpha value is -2.06.